The van der Waals surface area contributed by atoms with Gasteiger partial charge in [0.1, 0.15) is 0 Å². The Kier molecular flexibility index (Phi) is 6.61. The van der Waals surface area contributed by atoms with Crippen LogP contribution in [-0.2, 0) is 4.79 Å². The molecule has 0 aromatic carbocycles. The highest BCUT2D eigenvalue weighted by molar-refractivity contribution is 5.90. The first-order valence-corrected chi connectivity index (χ1v) is 3.96. The summed E-state index contributed by atoms with van der Waals surface area (Å²) in [5.74, 6) is -0.435. The Bertz CT molecular complexity index is 144. The van der Waals surface area contributed by atoms with E-state index in [4.69, 9.17) is 5.73 Å². The summed E-state index contributed by atoms with van der Waals surface area (Å²) in [6.45, 7) is 8.24. The van der Waals surface area contributed by atoms with Crippen molar-refractivity contribution in [1.82, 2.24) is 0 Å². The van der Waals surface area contributed by atoms with Gasteiger partial charge in [0.05, 0.1) is 27.7 Å². The highest BCUT2D eigenvalue weighted by Gasteiger charge is 1.97. The molecular weight excluding hydrogens is 152 g/mol. The van der Waals surface area contributed by atoms with E-state index in [9.17, 15) is 4.79 Å². The van der Waals surface area contributed by atoms with E-state index in [1.807, 2.05) is 0 Å². The fourth-order valence-corrected chi connectivity index (χ4v) is 0. The van der Waals surface area contributed by atoms with Crippen molar-refractivity contribution in [2.45, 2.75) is 13.8 Å². The van der Waals surface area contributed by atoms with Gasteiger partial charge in [0, 0.05) is 5.57 Å². The Morgan fingerprint density at radius 1 is 1.42 bits per heavy atom. The maximum Gasteiger partial charge on any atom is 0.243 e. The molecule has 0 saturated heterocycles. The van der Waals surface area contributed by atoms with E-state index in [2.05, 4.69) is 34.6 Å². The minimum Gasteiger partial charge on any atom is -0.366 e. The minimum absolute atomic E-state index is 0.398. The molecular formula is C9H21N2O+. The van der Waals surface area contributed by atoms with Gasteiger partial charge in [-0.3, -0.25) is 4.79 Å². The number of hydrogen-bond acceptors (Lipinski definition) is 1. The normalized spacial score (nSPS) is 9.75. The SMILES string of the molecule is C=C(C)C(N)=O.CC[N+](C)(C)C. The zero-order valence-corrected chi connectivity index (χ0v) is 8.85. The van der Waals surface area contributed by atoms with Crippen molar-refractivity contribution in [1.29, 1.82) is 0 Å². The molecule has 0 saturated carbocycles. The number of nitrogens with two attached hydrogens (primary N) is 1. The topological polar surface area (TPSA) is 43.1 Å². The van der Waals surface area contributed by atoms with E-state index < -0.39 is 5.91 Å². The van der Waals surface area contributed by atoms with E-state index in [-0.39, 0.29) is 0 Å². The van der Waals surface area contributed by atoms with Crippen LogP contribution in [0.25, 0.3) is 0 Å². The molecule has 3 heteroatoms. The second-order valence-electron chi connectivity index (χ2n) is 3.75. The van der Waals surface area contributed by atoms with Gasteiger partial charge in [-0.15, -0.1) is 0 Å². The summed E-state index contributed by atoms with van der Waals surface area (Å²) in [4.78, 5) is 9.82. The summed E-state index contributed by atoms with van der Waals surface area (Å²) in [6.07, 6.45) is 0. The molecule has 0 rings (SSSR count). The van der Waals surface area contributed by atoms with Crippen molar-refractivity contribution in [2.24, 2.45) is 5.73 Å². The van der Waals surface area contributed by atoms with Gasteiger partial charge in [0.25, 0.3) is 0 Å². The lowest BCUT2D eigenvalue weighted by molar-refractivity contribution is -0.868. The van der Waals surface area contributed by atoms with Crippen molar-refractivity contribution in [3.05, 3.63) is 12.2 Å². The maximum atomic E-state index is 9.82. The largest absolute Gasteiger partial charge is 0.366 e. The molecule has 0 radical (unpaired) electrons. The van der Waals surface area contributed by atoms with Crippen LogP contribution in [0.2, 0.25) is 0 Å². The van der Waals surface area contributed by atoms with Gasteiger partial charge in [-0.2, -0.15) is 0 Å². The molecule has 0 aromatic rings. The Morgan fingerprint density at radius 3 is 1.58 bits per heavy atom. The van der Waals surface area contributed by atoms with Gasteiger partial charge in [0.2, 0.25) is 5.91 Å². The highest BCUT2D eigenvalue weighted by atomic mass is 16.1. The minimum atomic E-state index is -0.435. The van der Waals surface area contributed by atoms with Gasteiger partial charge in [-0.1, -0.05) is 6.58 Å². The Morgan fingerprint density at radius 2 is 1.58 bits per heavy atom. The van der Waals surface area contributed by atoms with E-state index >= 15 is 0 Å². The second-order valence-corrected chi connectivity index (χ2v) is 3.75. The molecule has 0 atom stereocenters. The third-order valence-corrected chi connectivity index (χ3v) is 1.37. The molecule has 0 spiro atoms. The number of amides is 1. The fourth-order valence-electron chi connectivity index (χ4n) is 0. The summed E-state index contributed by atoms with van der Waals surface area (Å²) < 4.78 is 1.07. The molecule has 12 heavy (non-hydrogen) atoms. The lowest BCUT2D eigenvalue weighted by Gasteiger charge is -2.20. The van der Waals surface area contributed by atoms with Crippen molar-refractivity contribution in [3.63, 3.8) is 0 Å². The van der Waals surface area contributed by atoms with Crippen molar-refractivity contribution in [3.8, 4) is 0 Å². The quantitative estimate of drug-likeness (QED) is 0.486. The monoisotopic (exact) mass is 173 g/mol. The van der Waals surface area contributed by atoms with Crippen molar-refractivity contribution >= 4 is 5.91 Å². The van der Waals surface area contributed by atoms with Gasteiger partial charge in [-0.05, 0) is 13.8 Å². The average Bonchev–Trinajstić information content (AvgIpc) is 1.87. The van der Waals surface area contributed by atoms with Crippen molar-refractivity contribution in [2.75, 3.05) is 27.7 Å². The molecule has 0 aliphatic heterocycles. The van der Waals surface area contributed by atoms with Crippen LogP contribution in [0.3, 0.4) is 0 Å². The number of nitrogens with zero attached hydrogens (tertiary/aromatic N) is 1. The van der Waals surface area contributed by atoms with Crippen LogP contribution in [-0.4, -0.2) is 38.1 Å². The van der Waals surface area contributed by atoms with Crippen LogP contribution in [0.1, 0.15) is 13.8 Å². The standard InChI is InChI=1S/C5H14N.C4H7NO/c1-5-6(2,3)4;1-3(2)4(5)6/h5H2,1-4H3;1H2,2H3,(H2,5,6)/q+1;. The van der Waals surface area contributed by atoms with Crippen molar-refractivity contribution < 1.29 is 9.28 Å². The number of quaternary nitrogens is 1. The first kappa shape index (κ1) is 13.7. The zero-order chi connectivity index (χ0) is 10.4. The fraction of sp³-hybridized carbons (Fsp3) is 0.667. The number of carbonyl (C=O) groups is 1. The number of carbonyl (C=O) groups excluding carboxylic acids is 1. The highest BCUT2D eigenvalue weighted by Crippen LogP contribution is 1.83. The predicted octanol–water partition coefficient (Wildman–Crippen LogP) is 0.760. The second kappa shape index (κ2) is 5.77. The average molecular weight is 173 g/mol. The van der Waals surface area contributed by atoms with Crippen LogP contribution in [0, 0.1) is 0 Å². The van der Waals surface area contributed by atoms with Gasteiger partial charge in [-0.25, -0.2) is 0 Å². The number of hydrogen-bond donors (Lipinski definition) is 1. The van der Waals surface area contributed by atoms with Crippen LogP contribution in [0.4, 0.5) is 0 Å². The summed E-state index contributed by atoms with van der Waals surface area (Å²) in [5.41, 5.74) is 5.09. The molecule has 0 fully saturated rings. The summed E-state index contributed by atoms with van der Waals surface area (Å²) in [6, 6.07) is 0. The molecule has 0 bridgehead atoms. The predicted molar refractivity (Wildman–Crippen MR) is 52.6 cm³/mol. The zero-order valence-electron chi connectivity index (χ0n) is 8.85. The summed E-state index contributed by atoms with van der Waals surface area (Å²) in [5, 5.41) is 0. The van der Waals surface area contributed by atoms with Crippen LogP contribution >= 0.6 is 0 Å². The third-order valence-electron chi connectivity index (χ3n) is 1.37. The smallest absolute Gasteiger partial charge is 0.243 e. The molecule has 0 aliphatic carbocycles. The number of rotatable bonds is 2. The lowest BCUT2D eigenvalue weighted by Crippen LogP contribution is -2.33. The molecule has 0 aliphatic rings. The molecule has 2 N–H and O–H groups in total. The summed E-state index contributed by atoms with van der Waals surface area (Å²) >= 11 is 0. The molecule has 72 valence electrons. The van der Waals surface area contributed by atoms with Crippen LogP contribution in [0.5, 0.6) is 0 Å². The van der Waals surface area contributed by atoms with Gasteiger partial charge >= 0.3 is 0 Å². The Hall–Kier alpha value is -0.830. The van der Waals surface area contributed by atoms with Gasteiger partial charge < -0.3 is 10.2 Å². The Balaban J connectivity index is 0. The number of primary amides is 1. The molecule has 1 amide bonds. The van der Waals surface area contributed by atoms with Crippen LogP contribution < -0.4 is 5.73 Å². The Labute approximate surface area is 75.4 Å². The maximum absolute atomic E-state index is 9.82. The first-order chi connectivity index (χ1) is 5.20. The molecule has 0 unspecified atom stereocenters. The molecule has 0 aromatic heterocycles. The summed E-state index contributed by atoms with van der Waals surface area (Å²) in [7, 11) is 6.54. The first-order valence-electron chi connectivity index (χ1n) is 3.96. The molecule has 0 heterocycles. The van der Waals surface area contributed by atoms with E-state index in [1.165, 1.54) is 6.54 Å². The lowest BCUT2D eigenvalue weighted by atomic mass is 10.3. The van der Waals surface area contributed by atoms with Crippen LogP contribution in [0.15, 0.2) is 12.2 Å². The van der Waals surface area contributed by atoms with E-state index in [0.717, 1.165) is 4.48 Å². The third kappa shape index (κ3) is 16.1. The van der Waals surface area contributed by atoms with Gasteiger partial charge in [0.15, 0.2) is 0 Å². The van der Waals surface area contributed by atoms with E-state index in [0.29, 0.717) is 5.57 Å². The molecule has 3 nitrogen and oxygen atoms in total. The van der Waals surface area contributed by atoms with E-state index in [1.54, 1.807) is 6.92 Å².